The highest BCUT2D eigenvalue weighted by Gasteiger charge is 1.97. The van der Waals surface area contributed by atoms with E-state index in [-0.39, 0.29) is 5.75 Å². The van der Waals surface area contributed by atoms with Crippen molar-refractivity contribution < 1.29 is 5.11 Å². The monoisotopic (exact) mass is 176 g/mol. The average molecular weight is 176 g/mol. The van der Waals surface area contributed by atoms with Crippen molar-refractivity contribution in [2.75, 3.05) is 4.90 Å². The van der Waals surface area contributed by atoms with E-state index in [1.165, 1.54) is 6.20 Å². The van der Waals surface area contributed by atoms with Crippen LogP contribution in [0.1, 0.15) is 0 Å². The Bertz CT molecular complexity index is 303. The van der Waals surface area contributed by atoms with Crippen molar-refractivity contribution in [3.8, 4) is 5.75 Å². The van der Waals surface area contributed by atoms with Crippen LogP contribution in [0.4, 0.5) is 5.69 Å². The third-order valence-electron chi connectivity index (χ3n) is 1.59. The molecule has 3 N–H and O–H groups in total. The third-order valence-corrected chi connectivity index (χ3v) is 1.59. The first-order valence-corrected chi connectivity index (χ1v) is 3.86. The molecule has 0 saturated carbocycles. The number of aromatic hydroxyl groups is 1. The summed E-state index contributed by atoms with van der Waals surface area (Å²) in [6.45, 7) is 3.64. The highest BCUT2D eigenvalue weighted by molar-refractivity contribution is 5.53. The molecule has 13 heavy (non-hydrogen) atoms. The van der Waals surface area contributed by atoms with Gasteiger partial charge in [0.2, 0.25) is 0 Å². The summed E-state index contributed by atoms with van der Waals surface area (Å²) in [6.07, 6.45) is 4.74. The van der Waals surface area contributed by atoms with Gasteiger partial charge < -0.3 is 15.7 Å². The van der Waals surface area contributed by atoms with Gasteiger partial charge in [-0.3, -0.25) is 0 Å². The van der Waals surface area contributed by atoms with Gasteiger partial charge in [0.15, 0.2) is 0 Å². The summed E-state index contributed by atoms with van der Waals surface area (Å²) in [5.74, 6) is 0.240. The van der Waals surface area contributed by atoms with Crippen LogP contribution < -0.4 is 10.6 Å². The van der Waals surface area contributed by atoms with Crippen LogP contribution in [0.2, 0.25) is 0 Å². The number of hydrogen-bond acceptors (Lipinski definition) is 3. The predicted octanol–water partition coefficient (Wildman–Crippen LogP) is 1.77. The molecule has 0 atom stereocenters. The van der Waals surface area contributed by atoms with Crippen molar-refractivity contribution in [1.29, 1.82) is 0 Å². The minimum absolute atomic E-state index is 0.240. The van der Waals surface area contributed by atoms with Gasteiger partial charge >= 0.3 is 0 Å². The second kappa shape index (κ2) is 4.21. The Labute approximate surface area is 77.4 Å². The van der Waals surface area contributed by atoms with Gasteiger partial charge in [-0.2, -0.15) is 0 Å². The molecule has 3 heteroatoms. The van der Waals surface area contributed by atoms with Gasteiger partial charge in [-0.25, -0.2) is 0 Å². The van der Waals surface area contributed by atoms with Crippen molar-refractivity contribution in [3.05, 3.63) is 49.4 Å². The summed E-state index contributed by atoms with van der Waals surface area (Å²) in [4.78, 5) is 1.75. The fraction of sp³-hybridized carbons (Fsp3) is 0. The lowest BCUT2D eigenvalue weighted by molar-refractivity contribution is 0.475. The molecule has 0 aromatic heterocycles. The lowest BCUT2D eigenvalue weighted by Gasteiger charge is -2.14. The van der Waals surface area contributed by atoms with Crippen LogP contribution in [0.15, 0.2) is 49.4 Å². The highest BCUT2D eigenvalue weighted by Crippen LogP contribution is 2.18. The van der Waals surface area contributed by atoms with E-state index < -0.39 is 0 Å². The second-order valence-corrected chi connectivity index (χ2v) is 2.45. The Hall–Kier alpha value is -1.90. The minimum atomic E-state index is 0.240. The predicted molar refractivity (Wildman–Crippen MR) is 54.1 cm³/mol. The van der Waals surface area contributed by atoms with E-state index >= 15 is 0 Å². The Kier molecular flexibility index (Phi) is 2.97. The molecule has 1 aromatic rings. The summed E-state index contributed by atoms with van der Waals surface area (Å²) < 4.78 is 0. The number of rotatable bonds is 3. The summed E-state index contributed by atoms with van der Waals surface area (Å²) in [7, 11) is 0. The number of phenols is 1. The molecule has 0 bridgehead atoms. The lowest BCUT2D eigenvalue weighted by atomic mass is 10.3. The van der Waals surface area contributed by atoms with Crippen molar-refractivity contribution in [3.63, 3.8) is 0 Å². The molecule has 68 valence electrons. The van der Waals surface area contributed by atoms with Crippen LogP contribution in [0, 0.1) is 0 Å². The second-order valence-electron chi connectivity index (χ2n) is 2.45. The SMILES string of the molecule is C=CN(/C=C\N)c1ccc(O)cc1. The van der Waals surface area contributed by atoms with Gasteiger partial charge in [0.05, 0.1) is 0 Å². The van der Waals surface area contributed by atoms with Gasteiger partial charge in [0, 0.05) is 24.3 Å². The van der Waals surface area contributed by atoms with Crippen LogP contribution in [0.3, 0.4) is 0 Å². The first kappa shape index (κ1) is 9.19. The van der Waals surface area contributed by atoms with Crippen molar-refractivity contribution in [2.45, 2.75) is 0 Å². The maximum atomic E-state index is 9.05. The Morgan fingerprint density at radius 3 is 2.38 bits per heavy atom. The molecule has 0 saturated heterocycles. The van der Waals surface area contributed by atoms with Crippen LogP contribution >= 0.6 is 0 Å². The zero-order valence-corrected chi connectivity index (χ0v) is 7.22. The van der Waals surface area contributed by atoms with Gasteiger partial charge in [0.25, 0.3) is 0 Å². The maximum Gasteiger partial charge on any atom is 0.115 e. The quantitative estimate of drug-likeness (QED) is 0.738. The third kappa shape index (κ3) is 2.27. The summed E-state index contributed by atoms with van der Waals surface area (Å²) in [6, 6.07) is 6.76. The van der Waals surface area contributed by atoms with Crippen LogP contribution in [-0.4, -0.2) is 5.11 Å². The number of anilines is 1. The first-order chi connectivity index (χ1) is 6.27. The average Bonchev–Trinajstić information content (AvgIpc) is 2.16. The van der Waals surface area contributed by atoms with E-state index in [0.29, 0.717) is 0 Å². The Morgan fingerprint density at radius 2 is 1.92 bits per heavy atom. The van der Waals surface area contributed by atoms with E-state index in [2.05, 4.69) is 6.58 Å². The molecule has 0 aliphatic rings. The number of benzene rings is 1. The molecule has 0 heterocycles. The number of nitrogens with two attached hydrogens (primary N) is 1. The normalized spacial score (nSPS) is 10.2. The molecule has 0 unspecified atom stereocenters. The van der Waals surface area contributed by atoms with E-state index in [1.54, 1.807) is 41.6 Å². The van der Waals surface area contributed by atoms with Gasteiger partial charge in [-0.05, 0) is 24.3 Å². The largest absolute Gasteiger partial charge is 0.508 e. The molecular formula is C10H12N2O. The Balaban J connectivity index is 2.91. The molecule has 0 aliphatic heterocycles. The van der Waals surface area contributed by atoms with Crippen molar-refractivity contribution in [1.82, 2.24) is 0 Å². The zero-order chi connectivity index (χ0) is 9.68. The van der Waals surface area contributed by atoms with E-state index in [4.69, 9.17) is 10.8 Å². The fourth-order valence-corrected chi connectivity index (χ4v) is 0.970. The van der Waals surface area contributed by atoms with Gasteiger partial charge in [-0.15, -0.1) is 0 Å². The summed E-state index contributed by atoms with van der Waals surface area (Å²) in [5, 5.41) is 9.05. The zero-order valence-electron chi connectivity index (χ0n) is 7.22. The van der Waals surface area contributed by atoms with Gasteiger partial charge in [0.1, 0.15) is 5.75 Å². The molecule has 0 aliphatic carbocycles. The number of nitrogens with zero attached hydrogens (tertiary/aromatic N) is 1. The van der Waals surface area contributed by atoms with E-state index in [1.807, 2.05) is 0 Å². The molecule has 0 radical (unpaired) electrons. The van der Waals surface area contributed by atoms with E-state index in [9.17, 15) is 0 Å². The summed E-state index contributed by atoms with van der Waals surface area (Å²) >= 11 is 0. The van der Waals surface area contributed by atoms with Crippen LogP contribution in [-0.2, 0) is 0 Å². The first-order valence-electron chi connectivity index (χ1n) is 3.86. The number of hydrogen-bond donors (Lipinski definition) is 2. The smallest absolute Gasteiger partial charge is 0.115 e. The topological polar surface area (TPSA) is 49.5 Å². The highest BCUT2D eigenvalue weighted by atomic mass is 16.3. The van der Waals surface area contributed by atoms with Crippen LogP contribution in [0.25, 0.3) is 0 Å². The molecule has 0 spiro atoms. The van der Waals surface area contributed by atoms with Crippen molar-refractivity contribution in [2.24, 2.45) is 5.73 Å². The van der Waals surface area contributed by atoms with E-state index in [0.717, 1.165) is 5.69 Å². The number of phenolic OH excluding ortho intramolecular Hbond substituents is 1. The lowest BCUT2D eigenvalue weighted by Crippen LogP contribution is -2.06. The molecule has 1 rings (SSSR count). The van der Waals surface area contributed by atoms with Gasteiger partial charge in [-0.1, -0.05) is 6.58 Å². The van der Waals surface area contributed by atoms with Crippen molar-refractivity contribution >= 4 is 5.69 Å². The molecule has 0 amide bonds. The molecular weight excluding hydrogens is 164 g/mol. The minimum Gasteiger partial charge on any atom is -0.508 e. The molecule has 1 aromatic carbocycles. The Morgan fingerprint density at radius 1 is 1.31 bits per heavy atom. The summed E-state index contributed by atoms with van der Waals surface area (Å²) in [5.41, 5.74) is 6.15. The maximum absolute atomic E-state index is 9.05. The molecule has 0 fully saturated rings. The fourth-order valence-electron chi connectivity index (χ4n) is 0.970. The van der Waals surface area contributed by atoms with Crippen LogP contribution in [0.5, 0.6) is 5.75 Å². The standard InChI is InChI=1S/C10H12N2O/c1-2-12(8-7-11)9-3-5-10(13)6-4-9/h2-8,13H,1,11H2/b8-7-. The molecule has 3 nitrogen and oxygen atoms in total.